The molecule has 0 fully saturated rings. The lowest BCUT2D eigenvalue weighted by Crippen LogP contribution is -2.02. The predicted octanol–water partition coefficient (Wildman–Crippen LogP) is 13.2. The summed E-state index contributed by atoms with van der Waals surface area (Å²) in [6, 6.07) is 54.9. The summed E-state index contributed by atoms with van der Waals surface area (Å²) >= 11 is 1.81. The van der Waals surface area contributed by atoms with Gasteiger partial charge in [0.25, 0.3) is 0 Å². The third-order valence-corrected chi connectivity index (χ3v) is 11.1. The van der Waals surface area contributed by atoms with E-state index in [0.29, 0.717) is 28.8 Å². The fraction of sp³-hybridized carbons (Fsp3) is 0. The number of rotatable bonds is 3. The van der Waals surface area contributed by atoms with E-state index >= 15 is 0 Å². The second kappa shape index (κ2) is 11.0. The van der Waals surface area contributed by atoms with Gasteiger partial charge in [0.2, 0.25) is 0 Å². The summed E-state index contributed by atoms with van der Waals surface area (Å²) in [5, 5.41) is 9.79. The average Bonchev–Trinajstić information content (AvgIpc) is 3.57. The van der Waals surface area contributed by atoms with Crippen molar-refractivity contribution in [1.82, 2.24) is 9.97 Å². The van der Waals surface area contributed by atoms with Crippen LogP contribution >= 0.6 is 11.3 Å². The lowest BCUT2D eigenvalue weighted by molar-refractivity contribution is 0.360. The zero-order valence-corrected chi connectivity index (χ0v) is 27.9. The molecule has 51 heavy (non-hydrogen) atoms. The molecule has 0 spiro atoms. The number of ether oxygens (including phenoxy) is 2. The number of hydrogen-bond donors (Lipinski definition) is 0. The largest absolute Gasteiger partial charge is 0.449 e. The predicted molar refractivity (Wildman–Crippen MR) is 210 cm³/mol. The van der Waals surface area contributed by atoms with Gasteiger partial charge in [0.05, 0.1) is 11.4 Å². The van der Waals surface area contributed by atoms with Crippen molar-refractivity contribution in [1.29, 1.82) is 0 Å². The van der Waals surface area contributed by atoms with E-state index in [9.17, 15) is 0 Å². The highest BCUT2D eigenvalue weighted by Gasteiger charge is 2.24. The third kappa shape index (κ3) is 4.45. The van der Waals surface area contributed by atoms with Crippen LogP contribution < -0.4 is 9.47 Å². The highest BCUT2D eigenvalue weighted by Crippen LogP contribution is 2.50. The molecule has 0 radical (unpaired) electrons. The molecule has 0 saturated carbocycles. The Kier molecular flexibility index (Phi) is 6.09. The van der Waals surface area contributed by atoms with E-state index in [4.69, 9.17) is 19.4 Å². The Morgan fingerprint density at radius 2 is 0.941 bits per heavy atom. The number of nitrogens with zero attached hydrogens (tertiary/aromatic N) is 2. The van der Waals surface area contributed by atoms with Crippen molar-refractivity contribution in [3.63, 3.8) is 0 Å². The quantitative estimate of drug-likeness (QED) is 0.176. The van der Waals surface area contributed by atoms with E-state index in [1.165, 1.54) is 52.5 Å². The fourth-order valence-corrected chi connectivity index (χ4v) is 8.63. The van der Waals surface area contributed by atoms with Crippen LogP contribution in [0, 0.1) is 0 Å². The molecule has 2 aromatic heterocycles. The van der Waals surface area contributed by atoms with Gasteiger partial charge in [-0.3, -0.25) is 0 Å². The smallest absolute Gasteiger partial charge is 0.179 e. The van der Waals surface area contributed by atoms with E-state index < -0.39 is 0 Å². The zero-order chi connectivity index (χ0) is 33.5. The molecule has 1 aliphatic heterocycles. The van der Waals surface area contributed by atoms with Crippen molar-refractivity contribution in [2.24, 2.45) is 0 Å². The van der Waals surface area contributed by atoms with Crippen molar-refractivity contribution in [3.8, 4) is 56.9 Å². The molecule has 0 atom stereocenters. The van der Waals surface area contributed by atoms with Crippen molar-refractivity contribution in [3.05, 3.63) is 158 Å². The molecule has 0 unspecified atom stereocenters. The van der Waals surface area contributed by atoms with Gasteiger partial charge in [0, 0.05) is 36.9 Å². The summed E-state index contributed by atoms with van der Waals surface area (Å²) in [5.74, 6) is 3.31. The molecule has 11 rings (SSSR count). The van der Waals surface area contributed by atoms with Crippen molar-refractivity contribution < 1.29 is 9.47 Å². The molecule has 5 heteroatoms. The molecule has 0 bridgehead atoms. The number of thiophene rings is 1. The number of hydrogen-bond acceptors (Lipinski definition) is 5. The number of benzene rings is 8. The highest BCUT2D eigenvalue weighted by atomic mass is 32.1. The molecular formula is C46H26N2O2S. The van der Waals surface area contributed by atoms with Gasteiger partial charge in [0.15, 0.2) is 28.8 Å². The van der Waals surface area contributed by atoms with Gasteiger partial charge in [-0.2, -0.15) is 0 Å². The van der Waals surface area contributed by atoms with Crippen molar-refractivity contribution in [2.45, 2.75) is 0 Å². The highest BCUT2D eigenvalue weighted by molar-refractivity contribution is 7.25. The lowest BCUT2D eigenvalue weighted by Gasteiger charge is -2.22. The van der Waals surface area contributed by atoms with Crippen LogP contribution in [-0.4, -0.2) is 9.97 Å². The van der Waals surface area contributed by atoms with Gasteiger partial charge in [-0.1, -0.05) is 103 Å². The van der Waals surface area contributed by atoms with Gasteiger partial charge in [-0.25, -0.2) is 9.97 Å². The minimum absolute atomic E-state index is 0.641. The summed E-state index contributed by atoms with van der Waals surface area (Å²) in [6.45, 7) is 0. The number of para-hydroxylation sites is 3. The fourth-order valence-electron chi connectivity index (χ4n) is 7.54. The third-order valence-electron chi connectivity index (χ3n) is 9.94. The number of aromatic nitrogens is 2. The van der Waals surface area contributed by atoms with Crippen molar-refractivity contribution in [2.75, 3.05) is 0 Å². The Labute approximate surface area is 296 Å². The SMILES string of the molecule is c1ccc2c(c1)Oc1cccc(-c3cc(-c4ccc5sc6ccccc6c5c4)nc(-c4ccc5c6ccccc6c6ccccc6c5c4)n3)c1O2. The van der Waals surface area contributed by atoms with Crippen LogP contribution in [-0.2, 0) is 0 Å². The second-order valence-electron chi connectivity index (χ2n) is 12.9. The van der Waals surface area contributed by atoms with Crippen LogP contribution in [0.1, 0.15) is 0 Å². The van der Waals surface area contributed by atoms with Crippen LogP contribution in [0.3, 0.4) is 0 Å². The van der Waals surface area contributed by atoms with E-state index in [1.54, 1.807) is 0 Å². The molecule has 0 N–H and O–H groups in total. The first kappa shape index (κ1) is 28.3. The van der Waals surface area contributed by atoms with Gasteiger partial charge >= 0.3 is 0 Å². The summed E-state index contributed by atoms with van der Waals surface area (Å²) in [4.78, 5) is 10.6. The Morgan fingerprint density at radius 3 is 1.73 bits per heavy atom. The first-order valence-electron chi connectivity index (χ1n) is 17.0. The normalized spacial score (nSPS) is 12.2. The maximum Gasteiger partial charge on any atom is 0.179 e. The van der Waals surface area contributed by atoms with E-state index in [-0.39, 0.29) is 0 Å². The van der Waals surface area contributed by atoms with E-state index in [0.717, 1.165) is 28.1 Å². The molecule has 0 aliphatic carbocycles. The van der Waals surface area contributed by atoms with Crippen LogP contribution in [0.2, 0.25) is 0 Å². The van der Waals surface area contributed by atoms with Crippen molar-refractivity contribution >= 4 is 63.8 Å². The molecule has 8 aromatic carbocycles. The molecule has 0 saturated heterocycles. The van der Waals surface area contributed by atoms with Crippen LogP contribution in [0.5, 0.6) is 23.0 Å². The Hall–Kier alpha value is -6.56. The van der Waals surface area contributed by atoms with Crippen LogP contribution in [0.4, 0.5) is 0 Å². The maximum absolute atomic E-state index is 6.51. The number of fused-ring (bicyclic) bond motifs is 11. The molecule has 1 aliphatic rings. The summed E-state index contributed by atoms with van der Waals surface area (Å²) in [5.41, 5.74) is 4.41. The molecule has 10 aromatic rings. The minimum Gasteiger partial charge on any atom is -0.449 e. The Bertz CT molecular complexity index is 3020. The van der Waals surface area contributed by atoms with Gasteiger partial charge < -0.3 is 9.47 Å². The van der Waals surface area contributed by atoms with Gasteiger partial charge in [-0.15, -0.1) is 11.3 Å². The van der Waals surface area contributed by atoms with Crippen LogP contribution in [0.15, 0.2) is 158 Å². The van der Waals surface area contributed by atoms with E-state index in [1.807, 2.05) is 53.8 Å². The standard InChI is InChI=1S/C46H26N2O2S/c1-2-12-31-29(10-1)30-11-3-4-13-32(30)36-25-28(20-22-33(31)36)46-47-38(27-21-23-44-37(24-27)34-14-5-8-19-43(34)51-44)26-39(48-46)35-15-9-18-42-45(35)50-41-17-7-6-16-40(41)49-42/h1-26H. The van der Waals surface area contributed by atoms with E-state index in [2.05, 4.69) is 115 Å². The monoisotopic (exact) mass is 670 g/mol. The van der Waals surface area contributed by atoms with Crippen LogP contribution in [0.25, 0.3) is 86.4 Å². The zero-order valence-electron chi connectivity index (χ0n) is 27.1. The molecule has 238 valence electrons. The first-order chi connectivity index (χ1) is 25.2. The molecule has 3 heterocycles. The summed E-state index contributed by atoms with van der Waals surface area (Å²) < 4.78 is 15.3. The lowest BCUT2D eigenvalue weighted by atomic mass is 9.93. The molecule has 4 nitrogen and oxygen atoms in total. The summed E-state index contributed by atoms with van der Waals surface area (Å²) in [7, 11) is 0. The second-order valence-corrected chi connectivity index (χ2v) is 14.0. The topological polar surface area (TPSA) is 44.2 Å². The van der Waals surface area contributed by atoms with Gasteiger partial charge in [-0.05, 0) is 86.9 Å². The minimum atomic E-state index is 0.641. The Morgan fingerprint density at radius 1 is 0.373 bits per heavy atom. The molecule has 0 amide bonds. The van der Waals surface area contributed by atoms with Gasteiger partial charge in [0.1, 0.15) is 0 Å². The average molecular weight is 671 g/mol. The summed E-state index contributed by atoms with van der Waals surface area (Å²) in [6.07, 6.45) is 0. The first-order valence-corrected chi connectivity index (χ1v) is 17.8. The molecular weight excluding hydrogens is 645 g/mol. The maximum atomic E-state index is 6.51. The Balaban J connectivity index is 1.15.